The van der Waals surface area contributed by atoms with E-state index in [0.29, 0.717) is 11.8 Å². The van der Waals surface area contributed by atoms with Crippen molar-refractivity contribution in [1.82, 2.24) is 15.1 Å². The van der Waals surface area contributed by atoms with Crippen molar-refractivity contribution >= 4 is 11.8 Å². The van der Waals surface area contributed by atoms with Gasteiger partial charge in [0.15, 0.2) is 0 Å². The van der Waals surface area contributed by atoms with Crippen molar-refractivity contribution < 1.29 is 4.52 Å². The number of aromatic nitrogens is 3. The fourth-order valence-corrected chi connectivity index (χ4v) is 2.72. The summed E-state index contributed by atoms with van der Waals surface area (Å²) in [5.41, 5.74) is 0.967. The molecular weight excluding hydrogens is 290 g/mol. The predicted molar refractivity (Wildman–Crippen MR) is 88.4 cm³/mol. The number of nitrogens with zero attached hydrogens (tertiary/aromatic N) is 5. The average Bonchev–Trinajstić information content (AvgIpc) is 3.14. The molecule has 0 saturated carbocycles. The van der Waals surface area contributed by atoms with Crippen LogP contribution in [0.2, 0.25) is 0 Å². The third kappa shape index (κ3) is 2.88. The Hall–Kier alpha value is -2.89. The lowest BCUT2D eigenvalue weighted by atomic mass is 10.2. The first-order chi connectivity index (χ1) is 11.4. The fourth-order valence-electron chi connectivity index (χ4n) is 2.72. The molecule has 0 bridgehead atoms. The molecule has 0 N–H and O–H groups in total. The highest BCUT2D eigenvalue weighted by Gasteiger charge is 2.22. The van der Waals surface area contributed by atoms with E-state index in [-0.39, 0.29) is 0 Å². The molecule has 0 aliphatic carbocycles. The summed E-state index contributed by atoms with van der Waals surface area (Å²) in [7, 11) is 0. The molecule has 116 valence electrons. The van der Waals surface area contributed by atoms with Crippen LogP contribution < -0.4 is 9.80 Å². The van der Waals surface area contributed by atoms with Crippen molar-refractivity contribution in [3.8, 4) is 11.4 Å². The smallest absolute Gasteiger partial charge is 0.324 e. The first-order valence-corrected chi connectivity index (χ1v) is 7.70. The Labute approximate surface area is 134 Å². The molecular formula is C17H17N5O. The van der Waals surface area contributed by atoms with E-state index in [1.54, 1.807) is 0 Å². The summed E-state index contributed by atoms with van der Waals surface area (Å²) in [4.78, 5) is 13.3. The van der Waals surface area contributed by atoms with Crippen LogP contribution in [0.25, 0.3) is 11.4 Å². The SMILES string of the molecule is c1ccc(-c2noc(N3CCN(c4ccccn4)CC3)n2)cc1. The van der Waals surface area contributed by atoms with E-state index in [1.165, 1.54) is 0 Å². The average molecular weight is 307 g/mol. The molecule has 0 radical (unpaired) electrons. The summed E-state index contributed by atoms with van der Waals surface area (Å²) >= 11 is 0. The first kappa shape index (κ1) is 13.8. The van der Waals surface area contributed by atoms with Crippen molar-refractivity contribution in [3.05, 3.63) is 54.7 Å². The van der Waals surface area contributed by atoms with E-state index in [9.17, 15) is 0 Å². The highest BCUT2D eigenvalue weighted by atomic mass is 16.5. The number of hydrogen-bond donors (Lipinski definition) is 0. The van der Waals surface area contributed by atoms with Gasteiger partial charge in [0.2, 0.25) is 5.82 Å². The minimum atomic E-state index is 0.588. The summed E-state index contributed by atoms with van der Waals surface area (Å²) < 4.78 is 5.43. The van der Waals surface area contributed by atoms with Crippen LogP contribution in [0.5, 0.6) is 0 Å². The van der Waals surface area contributed by atoms with Gasteiger partial charge in [-0.25, -0.2) is 4.98 Å². The lowest BCUT2D eigenvalue weighted by Gasteiger charge is -2.34. The minimum absolute atomic E-state index is 0.588. The van der Waals surface area contributed by atoms with Gasteiger partial charge in [-0.1, -0.05) is 41.6 Å². The summed E-state index contributed by atoms with van der Waals surface area (Å²) in [6.45, 7) is 3.46. The van der Waals surface area contributed by atoms with Crippen LogP contribution in [0, 0.1) is 0 Å². The number of pyridine rings is 1. The monoisotopic (exact) mass is 307 g/mol. The van der Waals surface area contributed by atoms with Crippen molar-refractivity contribution in [2.45, 2.75) is 0 Å². The topological polar surface area (TPSA) is 58.3 Å². The van der Waals surface area contributed by atoms with Crippen LogP contribution in [0.15, 0.2) is 59.3 Å². The van der Waals surface area contributed by atoms with E-state index in [1.807, 2.05) is 54.7 Å². The van der Waals surface area contributed by atoms with Crippen LogP contribution in [0.3, 0.4) is 0 Å². The highest BCUT2D eigenvalue weighted by molar-refractivity contribution is 5.55. The molecule has 6 nitrogen and oxygen atoms in total. The Morgan fingerprint density at radius 2 is 1.57 bits per heavy atom. The second-order valence-corrected chi connectivity index (χ2v) is 5.43. The largest absolute Gasteiger partial charge is 0.353 e. The molecule has 1 aliphatic heterocycles. The zero-order valence-electron chi connectivity index (χ0n) is 12.7. The molecule has 0 atom stereocenters. The van der Waals surface area contributed by atoms with Crippen LogP contribution in [-0.4, -0.2) is 41.3 Å². The zero-order valence-corrected chi connectivity index (χ0v) is 12.7. The molecule has 1 aliphatic rings. The van der Waals surface area contributed by atoms with Gasteiger partial charge in [0.25, 0.3) is 0 Å². The molecule has 2 aromatic heterocycles. The number of rotatable bonds is 3. The van der Waals surface area contributed by atoms with Gasteiger partial charge in [0, 0.05) is 37.9 Å². The van der Waals surface area contributed by atoms with Gasteiger partial charge in [0.1, 0.15) is 5.82 Å². The standard InChI is InChI=1S/C17H17N5O/c1-2-6-14(7-3-1)16-19-17(23-20-16)22-12-10-21(11-13-22)15-8-4-5-9-18-15/h1-9H,10-13H2. The quantitative estimate of drug-likeness (QED) is 0.741. The van der Waals surface area contributed by atoms with Crippen molar-refractivity contribution in [3.63, 3.8) is 0 Å². The Morgan fingerprint density at radius 3 is 2.30 bits per heavy atom. The van der Waals surface area contributed by atoms with E-state index >= 15 is 0 Å². The summed E-state index contributed by atoms with van der Waals surface area (Å²) in [5, 5.41) is 4.09. The van der Waals surface area contributed by atoms with E-state index in [2.05, 4.69) is 24.9 Å². The lowest BCUT2D eigenvalue weighted by molar-refractivity contribution is 0.409. The summed E-state index contributed by atoms with van der Waals surface area (Å²) in [6, 6.07) is 16.4. The van der Waals surface area contributed by atoms with Crippen LogP contribution in [0.4, 0.5) is 11.8 Å². The maximum atomic E-state index is 5.43. The molecule has 6 heteroatoms. The van der Waals surface area contributed by atoms with Gasteiger partial charge in [0.05, 0.1) is 0 Å². The molecule has 1 saturated heterocycles. The van der Waals surface area contributed by atoms with Gasteiger partial charge >= 0.3 is 6.01 Å². The molecule has 0 amide bonds. The third-order valence-corrected chi connectivity index (χ3v) is 3.97. The first-order valence-electron chi connectivity index (χ1n) is 7.70. The molecule has 0 spiro atoms. The number of piperazine rings is 1. The Bertz CT molecular complexity index is 751. The molecule has 1 aromatic carbocycles. The summed E-state index contributed by atoms with van der Waals surface area (Å²) in [5.74, 6) is 1.65. The van der Waals surface area contributed by atoms with Crippen molar-refractivity contribution in [2.75, 3.05) is 36.0 Å². The number of anilines is 2. The maximum Gasteiger partial charge on any atom is 0.324 e. The van der Waals surface area contributed by atoms with Gasteiger partial charge in [-0.05, 0) is 12.1 Å². The van der Waals surface area contributed by atoms with Gasteiger partial charge in [-0.2, -0.15) is 4.98 Å². The maximum absolute atomic E-state index is 5.43. The van der Waals surface area contributed by atoms with Crippen molar-refractivity contribution in [2.24, 2.45) is 0 Å². The van der Waals surface area contributed by atoms with Gasteiger partial charge < -0.3 is 14.3 Å². The van der Waals surface area contributed by atoms with E-state index < -0.39 is 0 Å². The molecule has 0 unspecified atom stereocenters. The molecule has 4 rings (SSSR count). The highest BCUT2D eigenvalue weighted by Crippen LogP contribution is 2.21. The van der Waals surface area contributed by atoms with E-state index in [4.69, 9.17) is 4.52 Å². The Balaban J connectivity index is 1.44. The molecule has 23 heavy (non-hydrogen) atoms. The summed E-state index contributed by atoms with van der Waals surface area (Å²) in [6.07, 6.45) is 1.83. The minimum Gasteiger partial charge on any atom is -0.353 e. The van der Waals surface area contributed by atoms with Crippen LogP contribution >= 0.6 is 0 Å². The number of benzene rings is 1. The second kappa shape index (κ2) is 6.08. The van der Waals surface area contributed by atoms with Crippen molar-refractivity contribution in [1.29, 1.82) is 0 Å². The predicted octanol–water partition coefficient (Wildman–Crippen LogP) is 2.46. The second-order valence-electron chi connectivity index (χ2n) is 5.43. The lowest BCUT2D eigenvalue weighted by Crippen LogP contribution is -2.47. The zero-order chi connectivity index (χ0) is 15.5. The molecule has 3 heterocycles. The fraction of sp³-hybridized carbons (Fsp3) is 0.235. The van der Waals surface area contributed by atoms with Gasteiger partial charge in [-0.15, -0.1) is 0 Å². The Kier molecular flexibility index (Phi) is 3.63. The van der Waals surface area contributed by atoms with Crippen LogP contribution in [-0.2, 0) is 0 Å². The van der Waals surface area contributed by atoms with E-state index in [0.717, 1.165) is 37.6 Å². The van der Waals surface area contributed by atoms with Crippen LogP contribution in [0.1, 0.15) is 0 Å². The van der Waals surface area contributed by atoms with Gasteiger partial charge in [-0.3, -0.25) is 0 Å². The third-order valence-electron chi connectivity index (χ3n) is 3.97. The molecule has 3 aromatic rings. The normalized spacial score (nSPS) is 15.0. The molecule has 1 fully saturated rings. The Morgan fingerprint density at radius 1 is 0.826 bits per heavy atom. The number of hydrogen-bond acceptors (Lipinski definition) is 6.